The van der Waals surface area contributed by atoms with Gasteiger partial charge in [-0.1, -0.05) is 12.1 Å². The highest BCUT2D eigenvalue weighted by Gasteiger charge is 2.32. The molecule has 1 saturated heterocycles. The number of amides is 1. The number of carbonyl (C=O) groups excluding carboxylic acids is 1. The number of hydrogen-bond acceptors (Lipinski definition) is 4. The molecule has 2 atom stereocenters. The summed E-state index contributed by atoms with van der Waals surface area (Å²) in [5.74, 6) is 0.341. The van der Waals surface area contributed by atoms with Crippen molar-refractivity contribution in [3.8, 4) is 0 Å². The average Bonchev–Trinajstić information content (AvgIpc) is 3.12. The average molecular weight is 327 g/mol. The lowest BCUT2D eigenvalue weighted by molar-refractivity contribution is 0.0827. The van der Waals surface area contributed by atoms with E-state index in [2.05, 4.69) is 14.5 Å². The highest BCUT2D eigenvalue weighted by molar-refractivity contribution is 5.93. The van der Waals surface area contributed by atoms with E-state index < -0.39 is 0 Å². The molecule has 1 fully saturated rings. The van der Waals surface area contributed by atoms with Gasteiger partial charge in [-0.3, -0.25) is 9.69 Å². The Morgan fingerprint density at radius 2 is 2.00 bits per heavy atom. The van der Waals surface area contributed by atoms with Crippen LogP contribution in [0.3, 0.4) is 0 Å². The summed E-state index contributed by atoms with van der Waals surface area (Å²) in [5.41, 5.74) is 9.45. The molecule has 1 aromatic heterocycles. The summed E-state index contributed by atoms with van der Waals surface area (Å²) in [6, 6.07) is 7.97. The summed E-state index contributed by atoms with van der Waals surface area (Å²) < 4.78 is 2.05. The van der Waals surface area contributed by atoms with Gasteiger partial charge in [-0.2, -0.15) is 0 Å². The van der Waals surface area contributed by atoms with Gasteiger partial charge in [0.05, 0.1) is 6.33 Å². The van der Waals surface area contributed by atoms with E-state index in [-0.39, 0.29) is 11.9 Å². The number of aryl methyl sites for hydroxylation is 1. The van der Waals surface area contributed by atoms with Gasteiger partial charge < -0.3 is 15.2 Å². The third kappa shape index (κ3) is 3.34. The van der Waals surface area contributed by atoms with Crippen molar-refractivity contribution >= 4 is 5.91 Å². The lowest BCUT2D eigenvalue weighted by Gasteiger charge is -2.17. The maximum atomic E-state index is 11.9. The Labute approximate surface area is 142 Å². The van der Waals surface area contributed by atoms with Crippen molar-refractivity contribution in [2.24, 2.45) is 12.8 Å². The smallest absolute Gasteiger partial charge is 0.253 e. The fourth-order valence-corrected chi connectivity index (χ4v) is 3.35. The molecule has 0 aliphatic carbocycles. The van der Waals surface area contributed by atoms with Crippen LogP contribution >= 0.6 is 0 Å². The Balaban J connectivity index is 1.65. The van der Waals surface area contributed by atoms with Crippen molar-refractivity contribution in [3.05, 3.63) is 53.6 Å². The van der Waals surface area contributed by atoms with Gasteiger partial charge in [-0.05, 0) is 17.7 Å². The minimum Gasteiger partial charge on any atom is -0.345 e. The van der Waals surface area contributed by atoms with Crippen LogP contribution in [0.4, 0.5) is 0 Å². The molecule has 128 valence electrons. The van der Waals surface area contributed by atoms with Crippen LogP contribution in [0.5, 0.6) is 0 Å². The van der Waals surface area contributed by atoms with Crippen molar-refractivity contribution in [2.75, 3.05) is 27.2 Å². The normalized spacial score (nSPS) is 21.2. The van der Waals surface area contributed by atoms with Crippen molar-refractivity contribution in [2.45, 2.75) is 18.5 Å². The standard InChI is InChI=1S/C18H25N5O/c1-21(2)18(24)14-6-4-13(5-7-14)9-23-10-15(16(19)11-23)17-8-20-12-22(17)3/h4-8,12,15-16H,9-11,19H2,1-3H3/t15-,16-/m1/s1. The molecule has 0 saturated carbocycles. The minimum absolute atomic E-state index is 0.0287. The SMILES string of the molecule is CN(C)C(=O)c1ccc(CN2C[C@@H](N)[C@H](c3cncn3C)C2)cc1. The second-order valence-electron chi connectivity index (χ2n) is 6.79. The summed E-state index contributed by atoms with van der Waals surface area (Å²) in [6.45, 7) is 2.64. The summed E-state index contributed by atoms with van der Waals surface area (Å²) in [5, 5.41) is 0. The van der Waals surface area contributed by atoms with Gasteiger partial charge in [-0.15, -0.1) is 0 Å². The van der Waals surface area contributed by atoms with E-state index in [1.807, 2.05) is 43.8 Å². The molecule has 0 unspecified atom stereocenters. The lowest BCUT2D eigenvalue weighted by atomic mass is 10.0. The van der Waals surface area contributed by atoms with Gasteiger partial charge in [0.25, 0.3) is 5.91 Å². The second-order valence-corrected chi connectivity index (χ2v) is 6.79. The molecule has 6 nitrogen and oxygen atoms in total. The molecular formula is C18H25N5O. The van der Waals surface area contributed by atoms with Gasteiger partial charge in [0, 0.05) is 70.2 Å². The Morgan fingerprint density at radius 3 is 2.58 bits per heavy atom. The van der Waals surface area contributed by atoms with Crippen molar-refractivity contribution in [1.82, 2.24) is 19.4 Å². The molecule has 0 radical (unpaired) electrons. The third-order valence-electron chi connectivity index (χ3n) is 4.69. The Kier molecular flexibility index (Phi) is 4.69. The maximum absolute atomic E-state index is 11.9. The number of carbonyl (C=O) groups is 1. The zero-order valence-electron chi connectivity index (χ0n) is 14.5. The molecule has 3 rings (SSSR count). The predicted molar refractivity (Wildman–Crippen MR) is 93.7 cm³/mol. The molecular weight excluding hydrogens is 302 g/mol. The first kappa shape index (κ1) is 16.7. The van der Waals surface area contributed by atoms with E-state index in [4.69, 9.17) is 5.73 Å². The van der Waals surface area contributed by atoms with Crippen LogP contribution < -0.4 is 5.73 Å². The van der Waals surface area contributed by atoms with Crippen LogP contribution in [0, 0.1) is 0 Å². The quantitative estimate of drug-likeness (QED) is 0.911. The zero-order valence-corrected chi connectivity index (χ0v) is 14.5. The lowest BCUT2D eigenvalue weighted by Crippen LogP contribution is -2.29. The summed E-state index contributed by atoms with van der Waals surface area (Å²) in [7, 11) is 5.54. The second kappa shape index (κ2) is 6.75. The molecule has 1 amide bonds. The number of rotatable bonds is 4. The van der Waals surface area contributed by atoms with E-state index in [0.717, 1.165) is 25.2 Å². The molecule has 1 aliphatic rings. The molecule has 0 bridgehead atoms. The molecule has 1 aromatic carbocycles. The molecule has 2 heterocycles. The molecule has 2 N–H and O–H groups in total. The zero-order chi connectivity index (χ0) is 17.3. The Hall–Kier alpha value is -2.18. The molecule has 0 spiro atoms. The van der Waals surface area contributed by atoms with E-state index in [9.17, 15) is 4.79 Å². The van der Waals surface area contributed by atoms with Gasteiger partial charge >= 0.3 is 0 Å². The number of nitrogens with zero attached hydrogens (tertiary/aromatic N) is 4. The number of likely N-dealkylation sites (tertiary alicyclic amines) is 1. The fourth-order valence-electron chi connectivity index (χ4n) is 3.35. The van der Waals surface area contributed by atoms with Crippen LogP contribution in [-0.4, -0.2) is 58.5 Å². The van der Waals surface area contributed by atoms with Gasteiger partial charge in [0.2, 0.25) is 0 Å². The van der Waals surface area contributed by atoms with Crippen LogP contribution in [0.1, 0.15) is 27.5 Å². The van der Waals surface area contributed by atoms with Crippen molar-refractivity contribution in [3.63, 3.8) is 0 Å². The topological polar surface area (TPSA) is 67.4 Å². The Bertz CT molecular complexity index is 706. The first-order valence-electron chi connectivity index (χ1n) is 8.20. The van der Waals surface area contributed by atoms with Crippen LogP contribution in [0.2, 0.25) is 0 Å². The predicted octanol–water partition coefficient (Wildman–Crippen LogP) is 1.05. The van der Waals surface area contributed by atoms with Crippen molar-refractivity contribution in [1.29, 1.82) is 0 Å². The first-order chi connectivity index (χ1) is 11.5. The molecule has 1 aliphatic heterocycles. The number of benzene rings is 1. The third-order valence-corrected chi connectivity index (χ3v) is 4.69. The number of imidazole rings is 1. The summed E-state index contributed by atoms with van der Waals surface area (Å²) in [6.07, 6.45) is 3.74. The first-order valence-corrected chi connectivity index (χ1v) is 8.20. The van der Waals surface area contributed by atoms with E-state index in [1.54, 1.807) is 19.0 Å². The van der Waals surface area contributed by atoms with Gasteiger partial charge in [0.15, 0.2) is 0 Å². The highest BCUT2D eigenvalue weighted by Crippen LogP contribution is 2.27. The summed E-state index contributed by atoms with van der Waals surface area (Å²) in [4.78, 5) is 20.1. The van der Waals surface area contributed by atoms with Crippen molar-refractivity contribution < 1.29 is 4.79 Å². The van der Waals surface area contributed by atoms with Gasteiger partial charge in [0.1, 0.15) is 0 Å². The van der Waals surface area contributed by atoms with Crippen LogP contribution in [-0.2, 0) is 13.6 Å². The number of hydrogen-bond donors (Lipinski definition) is 1. The number of aromatic nitrogens is 2. The minimum atomic E-state index is 0.0287. The molecule has 2 aromatic rings. The van der Waals surface area contributed by atoms with Gasteiger partial charge in [-0.25, -0.2) is 4.98 Å². The largest absolute Gasteiger partial charge is 0.345 e. The maximum Gasteiger partial charge on any atom is 0.253 e. The summed E-state index contributed by atoms with van der Waals surface area (Å²) >= 11 is 0. The number of nitrogens with two attached hydrogens (primary N) is 1. The molecule has 24 heavy (non-hydrogen) atoms. The fraction of sp³-hybridized carbons (Fsp3) is 0.444. The van der Waals surface area contributed by atoms with E-state index >= 15 is 0 Å². The monoisotopic (exact) mass is 327 g/mol. The highest BCUT2D eigenvalue weighted by atomic mass is 16.2. The van der Waals surface area contributed by atoms with E-state index in [1.165, 1.54) is 11.3 Å². The Morgan fingerprint density at radius 1 is 1.29 bits per heavy atom. The molecule has 6 heteroatoms. The van der Waals surface area contributed by atoms with Crippen LogP contribution in [0.25, 0.3) is 0 Å². The van der Waals surface area contributed by atoms with E-state index in [0.29, 0.717) is 5.92 Å². The van der Waals surface area contributed by atoms with Crippen LogP contribution in [0.15, 0.2) is 36.8 Å².